The first-order valence-corrected chi connectivity index (χ1v) is 6.59. The number of halogens is 3. The fourth-order valence-corrected chi connectivity index (χ4v) is 1.95. The number of rotatable bonds is 2. The van der Waals surface area contributed by atoms with E-state index in [0.29, 0.717) is 16.3 Å². The maximum Gasteiger partial charge on any atom is 0.326 e. The molecule has 0 aliphatic rings. The second-order valence-electron chi connectivity index (χ2n) is 4.42. The lowest BCUT2D eigenvalue weighted by Gasteiger charge is -2.10. The number of anilines is 1. The van der Waals surface area contributed by atoms with Crippen molar-refractivity contribution < 1.29 is 18.4 Å². The molecule has 0 saturated carbocycles. The van der Waals surface area contributed by atoms with Crippen LogP contribution < -0.4 is 10.6 Å². The lowest BCUT2D eigenvalue weighted by atomic mass is 10.2. The van der Waals surface area contributed by atoms with Crippen molar-refractivity contribution in [3.8, 4) is 0 Å². The molecule has 0 radical (unpaired) electrons. The Kier molecular flexibility index (Phi) is 4.72. The highest BCUT2D eigenvalue weighted by Crippen LogP contribution is 2.22. The minimum Gasteiger partial charge on any atom is -0.307 e. The molecule has 22 heavy (non-hydrogen) atoms. The highest BCUT2D eigenvalue weighted by molar-refractivity contribution is 6.31. The molecule has 2 rings (SSSR count). The molecule has 0 fully saturated rings. The Morgan fingerprint density at radius 3 is 2.27 bits per heavy atom. The summed E-state index contributed by atoms with van der Waals surface area (Å²) >= 11 is 5.90. The van der Waals surface area contributed by atoms with Gasteiger partial charge in [-0.05, 0) is 36.8 Å². The van der Waals surface area contributed by atoms with Crippen molar-refractivity contribution in [2.45, 2.75) is 6.92 Å². The van der Waals surface area contributed by atoms with Crippen LogP contribution in [0.25, 0.3) is 0 Å². The van der Waals surface area contributed by atoms with Gasteiger partial charge in [-0.2, -0.15) is 0 Å². The topological polar surface area (TPSA) is 58.2 Å². The summed E-state index contributed by atoms with van der Waals surface area (Å²) < 4.78 is 26.9. The first-order valence-electron chi connectivity index (χ1n) is 6.21. The van der Waals surface area contributed by atoms with Gasteiger partial charge in [0.15, 0.2) is 0 Å². The molecule has 0 aromatic heterocycles. The maximum absolute atomic E-state index is 13.4. The molecule has 0 spiro atoms. The molecule has 3 amide bonds. The molecule has 0 unspecified atom stereocenters. The van der Waals surface area contributed by atoms with Crippen LogP contribution in [0, 0.1) is 18.6 Å². The Bertz CT molecular complexity index is 730. The van der Waals surface area contributed by atoms with Gasteiger partial charge in [0.2, 0.25) is 0 Å². The zero-order valence-electron chi connectivity index (χ0n) is 11.4. The van der Waals surface area contributed by atoms with Gasteiger partial charge in [-0.15, -0.1) is 0 Å². The van der Waals surface area contributed by atoms with E-state index in [0.717, 1.165) is 18.2 Å². The predicted octanol–water partition coefficient (Wildman–Crippen LogP) is 3.89. The van der Waals surface area contributed by atoms with E-state index >= 15 is 0 Å². The Morgan fingerprint density at radius 2 is 1.64 bits per heavy atom. The Hall–Kier alpha value is -2.47. The van der Waals surface area contributed by atoms with E-state index in [2.05, 4.69) is 5.32 Å². The molecular formula is C15H11ClF2N2O2. The minimum absolute atomic E-state index is 0.381. The van der Waals surface area contributed by atoms with Crippen LogP contribution in [0.1, 0.15) is 15.9 Å². The predicted molar refractivity (Wildman–Crippen MR) is 79.0 cm³/mol. The molecule has 2 aromatic carbocycles. The van der Waals surface area contributed by atoms with Gasteiger partial charge in [-0.3, -0.25) is 10.1 Å². The van der Waals surface area contributed by atoms with Crippen LogP contribution in [0.4, 0.5) is 19.3 Å². The number of urea groups is 1. The first kappa shape index (κ1) is 15.9. The Labute approximate surface area is 130 Å². The summed E-state index contributed by atoms with van der Waals surface area (Å²) in [5.74, 6) is -3.28. The van der Waals surface area contributed by atoms with Gasteiger partial charge >= 0.3 is 6.03 Å². The Balaban J connectivity index is 2.12. The molecule has 0 saturated heterocycles. The third kappa shape index (κ3) is 3.40. The van der Waals surface area contributed by atoms with Crippen molar-refractivity contribution in [1.29, 1.82) is 0 Å². The SMILES string of the molecule is Cc1c(Cl)cccc1NC(=O)NC(=O)c1c(F)cccc1F. The van der Waals surface area contributed by atoms with Crippen LogP contribution in [0.2, 0.25) is 5.02 Å². The summed E-state index contributed by atoms with van der Waals surface area (Å²) in [5.41, 5.74) is 0.163. The van der Waals surface area contributed by atoms with Gasteiger partial charge < -0.3 is 5.32 Å². The lowest BCUT2D eigenvalue weighted by Crippen LogP contribution is -2.35. The highest BCUT2D eigenvalue weighted by atomic mass is 35.5. The van der Waals surface area contributed by atoms with E-state index in [9.17, 15) is 18.4 Å². The second-order valence-corrected chi connectivity index (χ2v) is 4.82. The zero-order valence-corrected chi connectivity index (χ0v) is 12.2. The summed E-state index contributed by atoms with van der Waals surface area (Å²) in [4.78, 5) is 23.5. The van der Waals surface area contributed by atoms with E-state index < -0.39 is 29.1 Å². The summed E-state index contributed by atoms with van der Waals surface area (Å²) in [6, 6.07) is 6.89. The number of hydrogen-bond acceptors (Lipinski definition) is 2. The molecular weight excluding hydrogens is 314 g/mol. The van der Waals surface area contributed by atoms with Gasteiger partial charge in [0, 0.05) is 10.7 Å². The van der Waals surface area contributed by atoms with E-state index in [-0.39, 0.29) is 0 Å². The van der Waals surface area contributed by atoms with Gasteiger partial charge in [0.05, 0.1) is 0 Å². The molecule has 0 heterocycles. The zero-order chi connectivity index (χ0) is 16.3. The van der Waals surface area contributed by atoms with E-state index in [1.807, 2.05) is 5.32 Å². The van der Waals surface area contributed by atoms with Crippen LogP contribution in [0.15, 0.2) is 36.4 Å². The third-order valence-corrected chi connectivity index (χ3v) is 3.34. The summed E-state index contributed by atoms with van der Waals surface area (Å²) in [6.45, 7) is 1.68. The number of carbonyl (C=O) groups is 2. The monoisotopic (exact) mass is 324 g/mol. The number of hydrogen-bond donors (Lipinski definition) is 2. The maximum atomic E-state index is 13.4. The summed E-state index contributed by atoms with van der Waals surface area (Å²) in [5, 5.41) is 4.69. The van der Waals surface area contributed by atoms with Crippen molar-refractivity contribution >= 4 is 29.2 Å². The average molecular weight is 325 g/mol. The van der Waals surface area contributed by atoms with Crippen molar-refractivity contribution in [2.75, 3.05) is 5.32 Å². The molecule has 0 aliphatic heterocycles. The third-order valence-electron chi connectivity index (χ3n) is 2.93. The first-order chi connectivity index (χ1) is 10.4. The molecule has 114 valence electrons. The van der Waals surface area contributed by atoms with Crippen LogP contribution in [-0.2, 0) is 0 Å². The minimum atomic E-state index is -1.17. The van der Waals surface area contributed by atoms with Crippen molar-refractivity contribution in [1.82, 2.24) is 5.32 Å². The van der Waals surface area contributed by atoms with Gasteiger partial charge in [0.25, 0.3) is 5.91 Å². The average Bonchev–Trinajstić information content (AvgIpc) is 2.43. The lowest BCUT2D eigenvalue weighted by molar-refractivity contribution is 0.0959. The molecule has 0 atom stereocenters. The number of carbonyl (C=O) groups excluding carboxylic acids is 2. The summed E-state index contributed by atoms with van der Waals surface area (Å²) in [6.07, 6.45) is 0. The molecule has 2 aromatic rings. The molecule has 7 heteroatoms. The van der Waals surface area contributed by atoms with Gasteiger partial charge in [-0.1, -0.05) is 23.7 Å². The standard InChI is InChI=1S/C15H11ClF2N2O2/c1-8-9(16)4-2-7-12(8)19-15(22)20-14(21)13-10(17)5-3-6-11(13)18/h2-7H,1H3,(H2,19,20,21,22). The van der Waals surface area contributed by atoms with Crippen LogP contribution >= 0.6 is 11.6 Å². The van der Waals surface area contributed by atoms with Gasteiger partial charge in [0.1, 0.15) is 17.2 Å². The smallest absolute Gasteiger partial charge is 0.307 e. The molecule has 4 nitrogen and oxygen atoms in total. The second kappa shape index (κ2) is 6.53. The van der Waals surface area contributed by atoms with Crippen LogP contribution in [-0.4, -0.2) is 11.9 Å². The number of benzene rings is 2. The summed E-state index contributed by atoms with van der Waals surface area (Å²) in [7, 11) is 0. The van der Waals surface area contributed by atoms with Crippen molar-refractivity contribution in [3.63, 3.8) is 0 Å². The van der Waals surface area contributed by atoms with Crippen LogP contribution in [0.5, 0.6) is 0 Å². The fourth-order valence-electron chi connectivity index (χ4n) is 1.78. The molecule has 0 bridgehead atoms. The number of amides is 3. The normalized spacial score (nSPS) is 10.2. The quantitative estimate of drug-likeness (QED) is 0.880. The fraction of sp³-hybridized carbons (Fsp3) is 0.0667. The van der Waals surface area contributed by atoms with Gasteiger partial charge in [-0.25, -0.2) is 13.6 Å². The van der Waals surface area contributed by atoms with Crippen molar-refractivity contribution in [2.24, 2.45) is 0 Å². The van der Waals surface area contributed by atoms with E-state index in [1.165, 1.54) is 0 Å². The largest absolute Gasteiger partial charge is 0.326 e. The van der Waals surface area contributed by atoms with Crippen LogP contribution in [0.3, 0.4) is 0 Å². The Morgan fingerprint density at radius 1 is 1.05 bits per heavy atom. The van der Waals surface area contributed by atoms with E-state index in [4.69, 9.17) is 11.6 Å². The highest BCUT2D eigenvalue weighted by Gasteiger charge is 2.19. The van der Waals surface area contributed by atoms with Crippen molar-refractivity contribution in [3.05, 3.63) is 64.2 Å². The number of imide groups is 1. The molecule has 2 N–H and O–H groups in total. The molecule has 0 aliphatic carbocycles. The number of nitrogens with one attached hydrogen (secondary N) is 2. The van der Waals surface area contributed by atoms with E-state index in [1.54, 1.807) is 25.1 Å².